The quantitative estimate of drug-likeness (QED) is 0.645. The van der Waals surface area contributed by atoms with Crippen LogP contribution in [0.25, 0.3) is 0 Å². The van der Waals surface area contributed by atoms with Gasteiger partial charge in [0.2, 0.25) is 0 Å². The van der Waals surface area contributed by atoms with Crippen LogP contribution in [0.4, 0.5) is 0 Å². The normalized spacial score (nSPS) is 13.1. The maximum absolute atomic E-state index is 11.9. The number of nitrogens with one attached hydrogen (secondary N) is 1. The minimum atomic E-state index is -0.0594. The molecule has 0 bridgehead atoms. The minimum absolute atomic E-state index is 0.0594. The van der Waals surface area contributed by atoms with Gasteiger partial charge in [0.15, 0.2) is 11.5 Å². The van der Waals surface area contributed by atoms with Crippen molar-refractivity contribution in [2.75, 3.05) is 25.1 Å². The van der Waals surface area contributed by atoms with Gasteiger partial charge in [0, 0.05) is 17.4 Å². The largest absolute Gasteiger partial charge is 0.486 e. The topological polar surface area (TPSA) is 47.6 Å². The van der Waals surface area contributed by atoms with E-state index in [4.69, 9.17) is 9.47 Å². The van der Waals surface area contributed by atoms with Crippen LogP contribution in [0.1, 0.15) is 29.6 Å². The number of benzene rings is 1. The summed E-state index contributed by atoms with van der Waals surface area (Å²) in [6, 6.07) is 5.29. The standard InChI is InChI=1S/C14H18BrNO3/c15-6-2-1-3-7-16-14(17)11-4-5-12-13(10-11)19-9-8-18-12/h4-5,10H,1-3,6-9H2,(H,16,17). The molecule has 0 radical (unpaired) electrons. The second-order valence-corrected chi connectivity index (χ2v) is 5.16. The van der Waals surface area contributed by atoms with E-state index in [1.807, 2.05) is 0 Å². The molecule has 0 saturated carbocycles. The third-order valence-electron chi connectivity index (χ3n) is 2.90. The zero-order valence-corrected chi connectivity index (χ0v) is 12.4. The lowest BCUT2D eigenvalue weighted by Gasteiger charge is -2.18. The van der Waals surface area contributed by atoms with Crippen molar-refractivity contribution in [3.63, 3.8) is 0 Å². The van der Waals surface area contributed by atoms with Gasteiger partial charge in [-0.3, -0.25) is 4.79 Å². The van der Waals surface area contributed by atoms with Crippen molar-refractivity contribution in [3.05, 3.63) is 23.8 Å². The summed E-state index contributed by atoms with van der Waals surface area (Å²) in [5, 5.41) is 3.93. The van der Waals surface area contributed by atoms with E-state index in [9.17, 15) is 4.79 Å². The van der Waals surface area contributed by atoms with Crippen molar-refractivity contribution >= 4 is 21.8 Å². The molecule has 0 fully saturated rings. The lowest BCUT2D eigenvalue weighted by atomic mass is 10.1. The zero-order chi connectivity index (χ0) is 13.5. The minimum Gasteiger partial charge on any atom is -0.486 e. The maximum atomic E-state index is 11.9. The van der Waals surface area contributed by atoms with Gasteiger partial charge in [-0.25, -0.2) is 0 Å². The smallest absolute Gasteiger partial charge is 0.251 e. The van der Waals surface area contributed by atoms with Crippen LogP contribution in [0.5, 0.6) is 11.5 Å². The molecule has 2 rings (SSSR count). The van der Waals surface area contributed by atoms with Crippen LogP contribution in [-0.2, 0) is 0 Å². The van der Waals surface area contributed by atoms with Crippen molar-refractivity contribution in [2.45, 2.75) is 19.3 Å². The number of fused-ring (bicyclic) bond motifs is 1. The van der Waals surface area contributed by atoms with Crippen LogP contribution in [0.3, 0.4) is 0 Å². The number of carbonyl (C=O) groups is 1. The fourth-order valence-corrected chi connectivity index (χ4v) is 2.28. The Balaban J connectivity index is 1.85. The number of alkyl halides is 1. The number of unbranched alkanes of at least 4 members (excludes halogenated alkanes) is 2. The Hall–Kier alpha value is -1.23. The Morgan fingerprint density at radius 2 is 1.95 bits per heavy atom. The van der Waals surface area contributed by atoms with Gasteiger partial charge < -0.3 is 14.8 Å². The van der Waals surface area contributed by atoms with Gasteiger partial charge >= 0.3 is 0 Å². The molecule has 0 aliphatic carbocycles. The van der Waals surface area contributed by atoms with Gasteiger partial charge in [-0.1, -0.05) is 22.4 Å². The Kier molecular flexibility index (Phi) is 5.51. The van der Waals surface area contributed by atoms with Crippen molar-refractivity contribution in [1.82, 2.24) is 5.32 Å². The summed E-state index contributed by atoms with van der Waals surface area (Å²) in [5.41, 5.74) is 0.616. The van der Waals surface area contributed by atoms with Crippen molar-refractivity contribution < 1.29 is 14.3 Å². The SMILES string of the molecule is O=C(NCCCCCBr)c1ccc2c(c1)OCCO2. The van der Waals surface area contributed by atoms with E-state index in [2.05, 4.69) is 21.2 Å². The third-order valence-corrected chi connectivity index (χ3v) is 3.46. The summed E-state index contributed by atoms with van der Waals surface area (Å²) in [5.74, 6) is 1.30. The maximum Gasteiger partial charge on any atom is 0.251 e. The van der Waals surface area contributed by atoms with Crippen LogP contribution < -0.4 is 14.8 Å². The monoisotopic (exact) mass is 327 g/mol. The predicted octanol–water partition coefficient (Wildman–Crippen LogP) is 2.75. The highest BCUT2D eigenvalue weighted by molar-refractivity contribution is 9.09. The highest BCUT2D eigenvalue weighted by Gasteiger charge is 2.14. The molecule has 1 aliphatic heterocycles. The average Bonchev–Trinajstić information content (AvgIpc) is 2.46. The summed E-state index contributed by atoms with van der Waals surface area (Å²) in [7, 11) is 0. The molecule has 19 heavy (non-hydrogen) atoms. The molecule has 1 N–H and O–H groups in total. The predicted molar refractivity (Wildman–Crippen MR) is 77.4 cm³/mol. The summed E-state index contributed by atoms with van der Waals surface area (Å²) in [6.07, 6.45) is 3.26. The van der Waals surface area contributed by atoms with E-state index in [1.54, 1.807) is 18.2 Å². The summed E-state index contributed by atoms with van der Waals surface area (Å²) >= 11 is 3.39. The molecular formula is C14H18BrNO3. The van der Waals surface area contributed by atoms with Crippen LogP contribution >= 0.6 is 15.9 Å². The Morgan fingerprint density at radius 1 is 1.16 bits per heavy atom. The number of rotatable bonds is 6. The van der Waals surface area contributed by atoms with E-state index in [0.717, 1.165) is 24.6 Å². The molecule has 0 spiro atoms. The van der Waals surface area contributed by atoms with Gasteiger partial charge in [0.1, 0.15) is 13.2 Å². The average molecular weight is 328 g/mol. The summed E-state index contributed by atoms with van der Waals surface area (Å²) < 4.78 is 10.9. The second kappa shape index (κ2) is 7.38. The van der Waals surface area contributed by atoms with Crippen molar-refractivity contribution in [1.29, 1.82) is 0 Å². The molecule has 0 aromatic heterocycles. The molecule has 1 amide bonds. The first-order valence-corrected chi connectivity index (χ1v) is 7.67. The number of ether oxygens (including phenoxy) is 2. The van der Waals surface area contributed by atoms with Gasteiger partial charge in [-0.15, -0.1) is 0 Å². The van der Waals surface area contributed by atoms with E-state index in [-0.39, 0.29) is 5.91 Å². The fraction of sp³-hybridized carbons (Fsp3) is 0.500. The van der Waals surface area contributed by atoms with Gasteiger partial charge in [-0.05, 0) is 31.0 Å². The zero-order valence-electron chi connectivity index (χ0n) is 10.8. The van der Waals surface area contributed by atoms with Gasteiger partial charge in [0.25, 0.3) is 5.91 Å². The summed E-state index contributed by atoms with van der Waals surface area (Å²) in [4.78, 5) is 11.9. The van der Waals surface area contributed by atoms with Crippen LogP contribution in [-0.4, -0.2) is 31.0 Å². The molecule has 0 unspecified atom stereocenters. The molecule has 1 heterocycles. The lowest BCUT2D eigenvalue weighted by molar-refractivity contribution is 0.0951. The Labute approximate surface area is 121 Å². The van der Waals surface area contributed by atoms with E-state index >= 15 is 0 Å². The first kappa shape index (κ1) is 14.2. The van der Waals surface area contributed by atoms with Crippen molar-refractivity contribution in [3.8, 4) is 11.5 Å². The van der Waals surface area contributed by atoms with Gasteiger partial charge in [-0.2, -0.15) is 0 Å². The number of carbonyl (C=O) groups excluding carboxylic acids is 1. The molecule has 0 saturated heterocycles. The van der Waals surface area contributed by atoms with E-state index < -0.39 is 0 Å². The number of halogens is 1. The number of hydrogen-bond donors (Lipinski definition) is 1. The third kappa shape index (κ3) is 4.13. The highest BCUT2D eigenvalue weighted by atomic mass is 79.9. The molecule has 104 valence electrons. The Morgan fingerprint density at radius 3 is 2.74 bits per heavy atom. The first-order chi connectivity index (χ1) is 9.31. The molecule has 4 nitrogen and oxygen atoms in total. The highest BCUT2D eigenvalue weighted by Crippen LogP contribution is 2.30. The first-order valence-electron chi connectivity index (χ1n) is 6.55. The van der Waals surface area contributed by atoms with Crippen LogP contribution in [0.2, 0.25) is 0 Å². The number of amides is 1. The van der Waals surface area contributed by atoms with Gasteiger partial charge in [0.05, 0.1) is 0 Å². The van der Waals surface area contributed by atoms with Crippen LogP contribution in [0.15, 0.2) is 18.2 Å². The lowest BCUT2D eigenvalue weighted by Crippen LogP contribution is -2.25. The molecule has 1 aliphatic rings. The molecular weight excluding hydrogens is 310 g/mol. The second-order valence-electron chi connectivity index (χ2n) is 4.36. The molecule has 5 heteroatoms. The van der Waals surface area contributed by atoms with E-state index in [0.29, 0.717) is 36.8 Å². The molecule has 0 atom stereocenters. The Bertz CT molecular complexity index is 437. The fourth-order valence-electron chi connectivity index (χ4n) is 1.88. The van der Waals surface area contributed by atoms with Crippen LogP contribution in [0, 0.1) is 0 Å². The molecule has 1 aromatic carbocycles. The number of hydrogen-bond acceptors (Lipinski definition) is 3. The summed E-state index contributed by atoms with van der Waals surface area (Å²) in [6.45, 7) is 1.80. The molecule has 1 aromatic rings. The van der Waals surface area contributed by atoms with E-state index in [1.165, 1.54) is 0 Å². The van der Waals surface area contributed by atoms with Crippen molar-refractivity contribution in [2.24, 2.45) is 0 Å².